The Bertz CT molecular complexity index is 1090. The number of carbonyl (C=O) groups is 3. The Balaban J connectivity index is 2.09. The lowest BCUT2D eigenvalue weighted by Crippen LogP contribution is -2.56. The van der Waals surface area contributed by atoms with E-state index < -0.39 is 5.54 Å². The first-order chi connectivity index (χ1) is 13.5. The molecule has 0 aromatic heterocycles. The van der Waals surface area contributed by atoms with E-state index in [4.69, 9.17) is 0 Å². The maximum absolute atomic E-state index is 13.9. The van der Waals surface area contributed by atoms with Crippen LogP contribution in [-0.2, 0) is 10.3 Å². The van der Waals surface area contributed by atoms with E-state index in [9.17, 15) is 14.4 Å². The molecule has 1 amide bonds. The minimum Gasteiger partial charge on any atom is -0.291 e. The molecular weight excluding hydrogens is 350 g/mol. The largest absolute Gasteiger partial charge is 0.291 e. The van der Waals surface area contributed by atoms with Gasteiger partial charge < -0.3 is 0 Å². The zero-order valence-electron chi connectivity index (χ0n) is 15.7. The Kier molecular flexibility index (Phi) is 4.19. The number of fused-ring (bicyclic) bond motifs is 1. The fourth-order valence-electron chi connectivity index (χ4n) is 4.10. The van der Waals surface area contributed by atoms with Crippen LogP contribution in [0.25, 0.3) is 0 Å². The van der Waals surface area contributed by atoms with Crippen LogP contribution >= 0.6 is 0 Å². The van der Waals surface area contributed by atoms with Crippen molar-refractivity contribution in [2.24, 2.45) is 0 Å². The van der Waals surface area contributed by atoms with E-state index in [1.165, 1.54) is 11.8 Å². The lowest BCUT2D eigenvalue weighted by Gasteiger charge is -2.38. The SMILES string of the molecule is CC(=O)N(c1ccccc1)C1(c2ccccc2)C(=O)c2cccc(C)c2C1=O. The third-order valence-corrected chi connectivity index (χ3v) is 5.26. The van der Waals surface area contributed by atoms with E-state index >= 15 is 0 Å². The lowest BCUT2D eigenvalue weighted by atomic mass is 9.82. The van der Waals surface area contributed by atoms with Crippen molar-refractivity contribution in [1.82, 2.24) is 0 Å². The molecule has 1 aliphatic rings. The monoisotopic (exact) mass is 369 g/mol. The number of amides is 1. The van der Waals surface area contributed by atoms with Gasteiger partial charge in [0.15, 0.2) is 5.54 Å². The first-order valence-corrected chi connectivity index (χ1v) is 9.10. The Morgan fingerprint density at radius 2 is 1.39 bits per heavy atom. The summed E-state index contributed by atoms with van der Waals surface area (Å²) in [6.45, 7) is 3.19. The molecule has 0 saturated heterocycles. The first kappa shape index (κ1) is 17.9. The Morgan fingerprint density at radius 3 is 1.96 bits per heavy atom. The summed E-state index contributed by atoms with van der Waals surface area (Å²) >= 11 is 0. The average Bonchev–Trinajstić information content (AvgIpc) is 2.93. The molecule has 3 aromatic carbocycles. The number of aryl methyl sites for hydroxylation is 1. The Labute approximate surface area is 163 Å². The van der Waals surface area contributed by atoms with Crippen LogP contribution in [-0.4, -0.2) is 17.5 Å². The number of para-hydroxylation sites is 1. The maximum Gasteiger partial charge on any atom is 0.225 e. The molecule has 1 unspecified atom stereocenters. The maximum atomic E-state index is 13.9. The smallest absolute Gasteiger partial charge is 0.225 e. The molecule has 0 aliphatic heterocycles. The molecule has 0 bridgehead atoms. The molecule has 0 heterocycles. The number of rotatable bonds is 3. The summed E-state index contributed by atoms with van der Waals surface area (Å²) in [6, 6.07) is 22.9. The van der Waals surface area contributed by atoms with Gasteiger partial charge >= 0.3 is 0 Å². The fraction of sp³-hybridized carbons (Fsp3) is 0.125. The van der Waals surface area contributed by atoms with Gasteiger partial charge in [-0.1, -0.05) is 66.7 Å². The third kappa shape index (κ3) is 2.34. The molecule has 28 heavy (non-hydrogen) atoms. The van der Waals surface area contributed by atoms with Crippen LogP contribution in [0.2, 0.25) is 0 Å². The predicted octanol–water partition coefficient (Wildman–Crippen LogP) is 4.32. The van der Waals surface area contributed by atoms with Crippen molar-refractivity contribution >= 4 is 23.2 Å². The van der Waals surface area contributed by atoms with E-state index in [0.717, 1.165) is 5.56 Å². The van der Waals surface area contributed by atoms with Gasteiger partial charge in [0.2, 0.25) is 17.5 Å². The highest BCUT2D eigenvalue weighted by molar-refractivity contribution is 6.36. The highest BCUT2D eigenvalue weighted by Crippen LogP contribution is 2.45. The highest BCUT2D eigenvalue weighted by Gasteiger charge is 2.59. The topological polar surface area (TPSA) is 54.5 Å². The van der Waals surface area contributed by atoms with Crippen molar-refractivity contribution in [2.45, 2.75) is 19.4 Å². The van der Waals surface area contributed by atoms with Gasteiger partial charge in [0.05, 0.1) is 0 Å². The second-order valence-electron chi connectivity index (χ2n) is 6.92. The Morgan fingerprint density at radius 1 is 0.786 bits per heavy atom. The number of carbonyl (C=O) groups excluding carboxylic acids is 3. The number of benzene rings is 3. The van der Waals surface area contributed by atoms with Crippen LogP contribution in [0, 0.1) is 6.92 Å². The molecule has 1 aliphatic carbocycles. The molecule has 0 N–H and O–H groups in total. The molecule has 4 rings (SSSR count). The number of hydrogen-bond donors (Lipinski definition) is 0. The summed E-state index contributed by atoms with van der Waals surface area (Å²) in [5.74, 6) is -1.11. The number of Topliss-reactive ketones (excluding diaryl/α,β-unsaturated/α-hetero) is 2. The van der Waals surface area contributed by atoms with Gasteiger partial charge in [-0.25, -0.2) is 0 Å². The van der Waals surface area contributed by atoms with E-state index in [0.29, 0.717) is 22.4 Å². The summed E-state index contributed by atoms with van der Waals surface area (Å²) in [4.78, 5) is 41.8. The molecule has 3 aromatic rings. The van der Waals surface area contributed by atoms with Crippen LogP contribution < -0.4 is 4.90 Å². The van der Waals surface area contributed by atoms with Crippen molar-refractivity contribution in [1.29, 1.82) is 0 Å². The van der Waals surface area contributed by atoms with Crippen molar-refractivity contribution < 1.29 is 14.4 Å². The van der Waals surface area contributed by atoms with Crippen LogP contribution in [0.15, 0.2) is 78.9 Å². The third-order valence-electron chi connectivity index (χ3n) is 5.26. The predicted molar refractivity (Wildman–Crippen MR) is 108 cm³/mol. The van der Waals surface area contributed by atoms with Gasteiger partial charge in [0, 0.05) is 23.7 Å². The van der Waals surface area contributed by atoms with Gasteiger partial charge in [-0.05, 0) is 30.2 Å². The van der Waals surface area contributed by atoms with E-state index in [-0.39, 0.29) is 17.5 Å². The van der Waals surface area contributed by atoms with Gasteiger partial charge in [0.1, 0.15) is 0 Å². The van der Waals surface area contributed by atoms with Gasteiger partial charge in [-0.2, -0.15) is 0 Å². The molecule has 0 spiro atoms. The minimum absolute atomic E-state index is 0.357. The molecular formula is C24H19NO3. The number of hydrogen-bond acceptors (Lipinski definition) is 3. The fourth-order valence-corrected chi connectivity index (χ4v) is 4.10. The number of ketones is 2. The average molecular weight is 369 g/mol. The molecule has 138 valence electrons. The zero-order chi connectivity index (χ0) is 19.9. The van der Waals surface area contributed by atoms with Crippen LogP contribution in [0.3, 0.4) is 0 Å². The van der Waals surface area contributed by atoms with Gasteiger partial charge in [0.25, 0.3) is 0 Å². The standard InChI is InChI=1S/C24H19NO3/c1-16-10-9-15-20-21(16)23(28)24(22(20)27,18-11-5-3-6-12-18)25(17(2)26)19-13-7-4-8-14-19/h3-15H,1-2H3. The van der Waals surface area contributed by atoms with Gasteiger partial charge in [-0.15, -0.1) is 0 Å². The van der Waals surface area contributed by atoms with E-state index in [1.807, 2.05) is 25.1 Å². The van der Waals surface area contributed by atoms with Crippen molar-refractivity contribution in [3.63, 3.8) is 0 Å². The second kappa shape index (κ2) is 6.57. The lowest BCUT2D eigenvalue weighted by molar-refractivity contribution is -0.117. The molecule has 0 saturated carbocycles. The second-order valence-corrected chi connectivity index (χ2v) is 6.92. The summed E-state index contributed by atoms with van der Waals surface area (Å²) < 4.78 is 0. The summed E-state index contributed by atoms with van der Waals surface area (Å²) in [5, 5.41) is 0. The molecule has 1 atom stereocenters. The normalized spacial score (nSPS) is 18.1. The molecule has 4 heteroatoms. The highest BCUT2D eigenvalue weighted by atomic mass is 16.2. The van der Waals surface area contributed by atoms with Crippen LogP contribution in [0.4, 0.5) is 5.69 Å². The molecule has 4 nitrogen and oxygen atoms in total. The van der Waals surface area contributed by atoms with Crippen molar-refractivity contribution in [3.8, 4) is 0 Å². The first-order valence-electron chi connectivity index (χ1n) is 9.10. The number of anilines is 1. The van der Waals surface area contributed by atoms with Gasteiger partial charge in [-0.3, -0.25) is 19.3 Å². The molecule has 0 fully saturated rings. The van der Waals surface area contributed by atoms with E-state index in [1.54, 1.807) is 60.7 Å². The summed E-state index contributed by atoms with van der Waals surface area (Å²) in [7, 11) is 0. The summed E-state index contributed by atoms with van der Waals surface area (Å²) in [5.41, 5.74) is 0.716. The quantitative estimate of drug-likeness (QED) is 0.646. The summed E-state index contributed by atoms with van der Waals surface area (Å²) in [6.07, 6.45) is 0. The van der Waals surface area contributed by atoms with Crippen LogP contribution in [0.1, 0.15) is 38.8 Å². The van der Waals surface area contributed by atoms with Crippen molar-refractivity contribution in [2.75, 3.05) is 4.90 Å². The van der Waals surface area contributed by atoms with Crippen LogP contribution in [0.5, 0.6) is 0 Å². The molecule has 0 radical (unpaired) electrons. The van der Waals surface area contributed by atoms with Crippen molar-refractivity contribution in [3.05, 3.63) is 101 Å². The Hall–Kier alpha value is -3.53. The number of nitrogens with zero attached hydrogens (tertiary/aromatic N) is 1. The van der Waals surface area contributed by atoms with E-state index in [2.05, 4.69) is 0 Å². The minimum atomic E-state index is -1.75. The zero-order valence-corrected chi connectivity index (χ0v) is 15.7.